The molecule has 0 saturated carbocycles. The molecule has 1 aromatic rings. The standard InChI is InChI=1S/C23H23Cl2FN2O4S/c24-22-14(1-7-18(23(22)25)33-17-5-3-15(26)4-6-17)2-8-20(30)28-11-9-16(10-12-28)27-19(29)13-21(31)32/h1-5,7-8,16-17H,6,9-13H2,(H,27,29)(H,31,32)/b8-2+. The Morgan fingerprint density at radius 3 is 2.58 bits per heavy atom. The van der Waals surface area contributed by atoms with Gasteiger partial charge in [0.2, 0.25) is 11.8 Å². The molecule has 2 amide bonds. The normalized spacial score (nSPS) is 18.9. The minimum absolute atomic E-state index is 0.0675. The van der Waals surface area contributed by atoms with E-state index in [0.29, 0.717) is 48.0 Å². The minimum Gasteiger partial charge on any atom is -0.481 e. The highest BCUT2D eigenvalue weighted by molar-refractivity contribution is 8.00. The van der Waals surface area contributed by atoms with E-state index in [1.165, 1.54) is 30.0 Å². The molecule has 176 valence electrons. The van der Waals surface area contributed by atoms with Crippen LogP contribution in [0.5, 0.6) is 0 Å². The number of rotatable bonds is 7. The van der Waals surface area contributed by atoms with Gasteiger partial charge >= 0.3 is 5.97 Å². The lowest BCUT2D eigenvalue weighted by molar-refractivity contribution is -0.140. The summed E-state index contributed by atoms with van der Waals surface area (Å²) in [6.07, 6.45) is 8.92. The van der Waals surface area contributed by atoms with Crippen LogP contribution in [0.3, 0.4) is 0 Å². The van der Waals surface area contributed by atoms with Crippen LogP contribution in [0.1, 0.15) is 31.2 Å². The van der Waals surface area contributed by atoms with E-state index in [1.807, 2.05) is 6.07 Å². The predicted molar refractivity (Wildman–Crippen MR) is 128 cm³/mol. The first kappa shape index (κ1) is 25.3. The maximum Gasteiger partial charge on any atom is 0.312 e. The van der Waals surface area contributed by atoms with Crippen LogP contribution in [0.2, 0.25) is 10.0 Å². The second-order valence-corrected chi connectivity index (χ2v) is 9.73. The van der Waals surface area contributed by atoms with Crippen molar-refractivity contribution in [3.8, 4) is 0 Å². The van der Waals surface area contributed by atoms with Crippen molar-refractivity contribution in [1.82, 2.24) is 10.2 Å². The molecule has 1 aliphatic carbocycles. The number of carbonyl (C=O) groups is 3. The number of piperidine rings is 1. The average Bonchev–Trinajstić information content (AvgIpc) is 2.77. The van der Waals surface area contributed by atoms with Crippen molar-refractivity contribution in [3.63, 3.8) is 0 Å². The lowest BCUT2D eigenvalue weighted by Crippen LogP contribution is -2.46. The van der Waals surface area contributed by atoms with E-state index >= 15 is 0 Å². The summed E-state index contributed by atoms with van der Waals surface area (Å²) >= 11 is 14.3. The van der Waals surface area contributed by atoms with E-state index in [2.05, 4.69) is 5.32 Å². The van der Waals surface area contributed by atoms with Crippen LogP contribution in [0.25, 0.3) is 6.08 Å². The second kappa shape index (κ2) is 11.7. The molecule has 2 N–H and O–H groups in total. The summed E-state index contributed by atoms with van der Waals surface area (Å²) < 4.78 is 13.1. The van der Waals surface area contributed by atoms with E-state index in [9.17, 15) is 18.8 Å². The highest BCUT2D eigenvalue weighted by Crippen LogP contribution is 2.39. The summed E-state index contributed by atoms with van der Waals surface area (Å²) in [5, 5.41) is 12.1. The molecule has 0 aromatic heterocycles. The van der Waals surface area contributed by atoms with Crippen LogP contribution in [0.4, 0.5) is 4.39 Å². The third-order valence-electron chi connectivity index (χ3n) is 5.26. The Bertz CT molecular complexity index is 1020. The number of carboxylic acids is 1. The number of hydrogen-bond donors (Lipinski definition) is 2. The monoisotopic (exact) mass is 512 g/mol. The average molecular weight is 513 g/mol. The van der Waals surface area contributed by atoms with Crippen LogP contribution in [-0.2, 0) is 14.4 Å². The zero-order valence-corrected chi connectivity index (χ0v) is 19.9. The van der Waals surface area contributed by atoms with E-state index in [0.717, 1.165) is 4.90 Å². The van der Waals surface area contributed by atoms with Gasteiger partial charge in [-0.15, -0.1) is 11.8 Å². The van der Waals surface area contributed by atoms with Crippen LogP contribution >= 0.6 is 35.0 Å². The molecule has 1 aromatic carbocycles. The number of thioether (sulfide) groups is 1. The predicted octanol–water partition coefficient (Wildman–Crippen LogP) is 4.86. The van der Waals surface area contributed by atoms with Crippen molar-refractivity contribution in [3.05, 3.63) is 57.9 Å². The van der Waals surface area contributed by atoms with Crippen molar-refractivity contribution in [2.45, 2.75) is 41.9 Å². The summed E-state index contributed by atoms with van der Waals surface area (Å²) in [6, 6.07) is 3.47. The van der Waals surface area contributed by atoms with Gasteiger partial charge in [-0.05, 0) is 49.1 Å². The quantitative estimate of drug-likeness (QED) is 0.402. The molecule has 1 saturated heterocycles. The van der Waals surface area contributed by atoms with E-state index in [4.69, 9.17) is 28.3 Å². The van der Waals surface area contributed by atoms with Crippen molar-refractivity contribution >= 4 is 58.8 Å². The number of amides is 2. The summed E-state index contributed by atoms with van der Waals surface area (Å²) in [4.78, 5) is 37.2. The number of carbonyl (C=O) groups excluding carboxylic acids is 2. The number of hydrogen-bond acceptors (Lipinski definition) is 4. The molecule has 1 atom stereocenters. The SMILES string of the molecule is O=C(O)CC(=O)NC1CCN(C(=O)/C=C/c2ccc(SC3C=CC(F)=CC3)c(Cl)c2Cl)CC1. The van der Waals surface area contributed by atoms with Crippen molar-refractivity contribution in [1.29, 1.82) is 0 Å². The number of likely N-dealkylation sites (tertiary alicyclic amines) is 1. The largest absolute Gasteiger partial charge is 0.481 e. The van der Waals surface area contributed by atoms with Gasteiger partial charge in [0.25, 0.3) is 0 Å². The molecule has 6 nitrogen and oxygen atoms in total. The maximum atomic E-state index is 13.1. The molecule has 1 fully saturated rings. The van der Waals surface area contributed by atoms with Gasteiger partial charge in [-0.3, -0.25) is 14.4 Å². The first-order valence-electron chi connectivity index (χ1n) is 10.4. The Hall–Kier alpha value is -2.29. The van der Waals surface area contributed by atoms with E-state index < -0.39 is 18.3 Å². The van der Waals surface area contributed by atoms with Gasteiger partial charge in [-0.1, -0.05) is 35.3 Å². The summed E-state index contributed by atoms with van der Waals surface area (Å²) in [5.41, 5.74) is 0.611. The molecule has 3 rings (SSSR count). The number of nitrogens with zero attached hydrogens (tertiary/aromatic N) is 1. The van der Waals surface area contributed by atoms with E-state index in [-0.39, 0.29) is 23.0 Å². The second-order valence-electron chi connectivity index (χ2n) is 7.69. The summed E-state index contributed by atoms with van der Waals surface area (Å²) in [6.45, 7) is 0.907. The van der Waals surface area contributed by atoms with Gasteiger partial charge in [0, 0.05) is 35.4 Å². The number of halogens is 3. The highest BCUT2D eigenvalue weighted by Gasteiger charge is 2.23. The van der Waals surface area contributed by atoms with Crippen molar-refractivity contribution in [2.75, 3.05) is 13.1 Å². The number of allylic oxidation sites excluding steroid dienone is 3. The Morgan fingerprint density at radius 2 is 1.94 bits per heavy atom. The molecule has 1 heterocycles. The first-order valence-corrected chi connectivity index (χ1v) is 12.0. The van der Waals surface area contributed by atoms with Crippen molar-refractivity contribution in [2.24, 2.45) is 0 Å². The highest BCUT2D eigenvalue weighted by atomic mass is 35.5. The maximum absolute atomic E-state index is 13.1. The fraction of sp³-hybridized carbons (Fsp3) is 0.348. The molecular formula is C23H23Cl2FN2O4S. The van der Waals surface area contributed by atoms with Gasteiger partial charge < -0.3 is 15.3 Å². The zero-order valence-electron chi connectivity index (χ0n) is 17.6. The molecule has 1 aliphatic heterocycles. The van der Waals surface area contributed by atoms with Crippen LogP contribution < -0.4 is 5.32 Å². The molecule has 10 heteroatoms. The minimum atomic E-state index is -1.17. The molecular weight excluding hydrogens is 490 g/mol. The Labute approximate surface area is 205 Å². The summed E-state index contributed by atoms with van der Waals surface area (Å²) in [5.74, 6) is -2.12. The fourth-order valence-corrected chi connectivity index (χ4v) is 5.14. The molecule has 33 heavy (non-hydrogen) atoms. The Balaban J connectivity index is 1.54. The molecule has 0 radical (unpaired) electrons. The molecule has 2 aliphatic rings. The number of aliphatic carboxylic acids is 1. The van der Waals surface area contributed by atoms with Crippen molar-refractivity contribution < 1.29 is 23.9 Å². The zero-order chi connectivity index (χ0) is 24.0. The van der Waals surface area contributed by atoms with Gasteiger partial charge in [0.15, 0.2) is 0 Å². The van der Waals surface area contributed by atoms with Gasteiger partial charge in [-0.2, -0.15) is 0 Å². The fourth-order valence-electron chi connectivity index (χ4n) is 3.52. The van der Waals surface area contributed by atoms with Gasteiger partial charge in [0.1, 0.15) is 12.2 Å². The number of nitrogens with one attached hydrogen (secondary N) is 1. The number of benzene rings is 1. The smallest absolute Gasteiger partial charge is 0.312 e. The van der Waals surface area contributed by atoms with Crippen LogP contribution in [0, 0.1) is 0 Å². The lowest BCUT2D eigenvalue weighted by Gasteiger charge is -2.31. The lowest BCUT2D eigenvalue weighted by atomic mass is 10.0. The Morgan fingerprint density at radius 1 is 1.21 bits per heavy atom. The Kier molecular flexibility index (Phi) is 9.00. The third-order valence-corrected chi connectivity index (χ3v) is 7.51. The third kappa shape index (κ3) is 7.35. The van der Waals surface area contributed by atoms with Crippen LogP contribution in [0.15, 0.2) is 47.2 Å². The van der Waals surface area contributed by atoms with Gasteiger partial charge in [-0.25, -0.2) is 4.39 Å². The molecule has 0 spiro atoms. The molecule has 1 unspecified atom stereocenters. The first-order chi connectivity index (χ1) is 15.7. The summed E-state index contributed by atoms with van der Waals surface area (Å²) in [7, 11) is 0. The van der Waals surface area contributed by atoms with Gasteiger partial charge in [0.05, 0.1) is 10.0 Å². The van der Waals surface area contributed by atoms with Crippen LogP contribution in [-0.4, -0.2) is 52.2 Å². The van der Waals surface area contributed by atoms with E-state index in [1.54, 1.807) is 23.1 Å². The molecule has 0 bridgehead atoms. The topological polar surface area (TPSA) is 86.7 Å². The number of carboxylic acid groups (broad SMARTS) is 1.